The number of nitrogens with zero attached hydrogens (tertiary/aromatic N) is 2. The highest BCUT2D eigenvalue weighted by atomic mass is 35.5. The highest BCUT2D eigenvalue weighted by molar-refractivity contribution is 6.41. The number of pyridine rings is 1. The minimum atomic E-state index is -0.758. The van der Waals surface area contributed by atoms with Crippen molar-refractivity contribution >= 4 is 46.7 Å². The number of rotatable bonds is 7. The third-order valence-electron chi connectivity index (χ3n) is 3.81. The molecule has 0 radical (unpaired) electrons. The lowest BCUT2D eigenvalue weighted by Crippen LogP contribution is -2.30. The lowest BCUT2D eigenvalue weighted by Gasteiger charge is -2.19. The van der Waals surface area contributed by atoms with Crippen LogP contribution in [-0.4, -0.2) is 47.4 Å². The number of carbonyl (C=O) groups excluding carboxylic acids is 3. The van der Waals surface area contributed by atoms with Crippen LogP contribution in [0.25, 0.3) is 0 Å². The van der Waals surface area contributed by atoms with E-state index in [1.165, 1.54) is 12.3 Å². The van der Waals surface area contributed by atoms with Crippen LogP contribution in [0.4, 0.5) is 5.69 Å². The van der Waals surface area contributed by atoms with E-state index < -0.39 is 18.5 Å². The van der Waals surface area contributed by atoms with Crippen LogP contribution in [0, 0.1) is 0 Å². The molecule has 148 valence electrons. The van der Waals surface area contributed by atoms with Crippen LogP contribution in [0.1, 0.15) is 34.6 Å². The zero-order chi connectivity index (χ0) is 20.7. The molecule has 0 spiro atoms. The molecule has 1 aromatic heterocycles. The van der Waals surface area contributed by atoms with E-state index in [1.54, 1.807) is 29.2 Å². The van der Waals surface area contributed by atoms with Gasteiger partial charge in [0.1, 0.15) is 5.15 Å². The second kappa shape index (κ2) is 10.1. The van der Waals surface area contributed by atoms with Crippen LogP contribution in [-0.2, 0) is 9.53 Å². The monoisotopic (exact) mass is 423 g/mol. The first-order valence-corrected chi connectivity index (χ1v) is 9.28. The fraction of sp³-hybridized carbons (Fsp3) is 0.263. The number of ether oxygens (including phenoxy) is 1. The van der Waals surface area contributed by atoms with E-state index in [0.29, 0.717) is 24.3 Å². The molecule has 0 aliphatic heterocycles. The molecule has 0 fully saturated rings. The summed E-state index contributed by atoms with van der Waals surface area (Å²) in [6.07, 6.45) is 1.21. The van der Waals surface area contributed by atoms with Crippen LogP contribution in [0.15, 0.2) is 36.5 Å². The van der Waals surface area contributed by atoms with E-state index in [1.807, 2.05) is 13.8 Å². The van der Waals surface area contributed by atoms with Crippen molar-refractivity contribution < 1.29 is 19.1 Å². The van der Waals surface area contributed by atoms with Crippen molar-refractivity contribution in [2.75, 3.05) is 25.0 Å². The lowest BCUT2D eigenvalue weighted by atomic mass is 10.1. The van der Waals surface area contributed by atoms with Gasteiger partial charge in [0.2, 0.25) is 0 Å². The topological polar surface area (TPSA) is 88.6 Å². The summed E-state index contributed by atoms with van der Waals surface area (Å²) in [6.45, 7) is 4.46. The van der Waals surface area contributed by atoms with Crippen molar-refractivity contribution in [2.24, 2.45) is 0 Å². The average molecular weight is 424 g/mol. The Labute approximate surface area is 172 Å². The Balaban J connectivity index is 1.96. The Bertz CT molecular complexity index is 885. The van der Waals surface area contributed by atoms with Gasteiger partial charge in [-0.2, -0.15) is 0 Å². The van der Waals surface area contributed by atoms with Crippen molar-refractivity contribution in [2.45, 2.75) is 13.8 Å². The number of esters is 1. The molecule has 0 aliphatic carbocycles. The minimum absolute atomic E-state index is 0.0649. The first-order chi connectivity index (χ1) is 13.3. The number of aromatic nitrogens is 1. The van der Waals surface area contributed by atoms with E-state index in [4.69, 9.17) is 27.9 Å². The summed E-state index contributed by atoms with van der Waals surface area (Å²) in [7, 11) is 0. The molecule has 9 heteroatoms. The van der Waals surface area contributed by atoms with Crippen molar-refractivity contribution in [3.63, 3.8) is 0 Å². The van der Waals surface area contributed by atoms with E-state index in [9.17, 15) is 14.4 Å². The number of anilines is 1. The predicted molar refractivity (Wildman–Crippen MR) is 107 cm³/mol. The van der Waals surface area contributed by atoms with Gasteiger partial charge < -0.3 is 15.0 Å². The van der Waals surface area contributed by atoms with Gasteiger partial charge in [0, 0.05) is 30.5 Å². The van der Waals surface area contributed by atoms with Crippen LogP contribution in [0.5, 0.6) is 0 Å². The summed E-state index contributed by atoms with van der Waals surface area (Å²) in [5.74, 6) is -1.43. The smallest absolute Gasteiger partial charge is 0.340 e. The standard InChI is InChI=1S/C19H19Cl2N3O4/c1-3-24(4-2)18(26)12-6-5-7-14(8-12)23-16(25)11-28-19(27)13-9-15(20)17(21)22-10-13/h5-10H,3-4,11H2,1-2H3,(H,23,25). The summed E-state index contributed by atoms with van der Waals surface area (Å²) < 4.78 is 4.94. The number of halogens is 2. The second-order valence-electron chi connectivity index (χ2n) is 5.68. The summed E-state index contributed by atoms with van der Waals surface area (Å²) >= 11 is 11.5. The molecule has 0 aliphatic rings. The molecule has 0 saturated heterocycles. The number of nitrogens with one attached hydrogen (secondary N) is 1. The van der Waals surface area contributed by atoms with Crippen molar-refractivity contribution in [1.82, 2.24) is 9.88 Å². The van der Waals surface area contributed by atoms with Gasteiger partial charge in [-0.1, -0.05) is 29.3 Å². The largest absolute Gasteiger partial charge is 0.452 e. The molecular weight excluding hydrogens is 405 g/mol. The Kier molecular flexibility index (Phi) is 7.78. The van der Waals surface area contributed by atoms with Crippen LogP contribution in [0.2, 0.25) is 10.2 Å². The average Bonchev–Trinajstić information content (AvgIpc) is 2.69. The third kappa shape index (κ3) is 5.68. The molecule has 1 heterocycles. The van der Waals surface area contributed by atoms with Gasteiger partial charge >= 0.3 is 5.97 Å². The van der Waals surface area contributed by atoms with Crippen molar-refractivity contribution in [1.29, 1.82) is 0 Å². The summed E-state index contributed by atoms with van der Waals surface area (Å²) in [6, 6.07) is 7.86. The number of hydrogen-bond donors (Lipinski definition) is 1. The van der Waals surface area contributed by atoms with Crippen molar-refractivity contribution in [3.8, 4) is 0 Å². The molecule has 28 heavy (non-hydrogen) atoms. The molecule has 2 aromatic rings. The summed E-state index contributed by atoms with van der Waals surface area (Å²) in [5.41, 5.74) is 0.963. The molecule has 0 bridgehead atoms. The van der Waals surface area contributed by atoms with Crippen LogP contribution in [0.3, 0.4) is 0 Å². The number of benzene rings is 1. The first-order valence-electron chi connectivity index (χ1n) is 8.53. The summed E-state index contributed by atoms with van der Waals surface area (Å²) in [4.78, 5) is 41.8. The van der Waals surface area contributed by atoms with Gasteiger partial charge in [-0.05, 0) is 38.1 Å². The number of hydrogen-bond acceptors (Lipinski definition) is 5. The van der Waals surface area contributed by atoms with E-state index >= 15 is 0 Å². The summed E-state index contributed by atoms with van der Waals surface area (Å²) in [5, 5.41) is 2.76. The molecule has 1 aromatic carbocycles. The maximum atomic E-state index is 12.4. The zero-order valence-electron chi connectivity index (χ0n) is 15.4. The lowest BCUT2D eigenvalue weighted by molar-refractivity contribution is -0.119. The highest BCUT2D eigenvalue weighted by Gasteiger charge is 2.15. The molecule has 2 rings (SSSR count). The Morgan fingerprint density at radius 1 is 1.11 bits per heavy atom. The first kappa shape index (κ1) is 21.7. The number of carbonyl (C=O) groups is 3. The second-order valence-corrected chi connectivity index (χ2v) is 6.44. The Morgan fingerprint density at radius 3 is 2.46 bits per heavy atom. The van der Waals surface area contributed by atoms with Crippen LogP contribution >= 0.6 is 23.2 Å². The predicted octanol–water partition coefficient (Wildman–Crippen LogP) is 3.67. The molecule has 0 unspecified atom stereocenters. The SMILES string of the molecule is CCN(CC)C(=O)c1cccc(NC(=O)COC(=O)c2cnc(Cl)c(Cl)c2)c1. The third-order valence-corrected chi connectivity index (χ3v) is 4.50. The molecule has 0 atom stereocenters. The Morgan fingerprint density at radius 2 is 1.82 bits per heavy atom. The maximum Gasteiger partial charge on any atom is 0.340 e. The van der Waals surface area contributed by atoms with Gasteiger partial charge in [0.15, 0.2) is 6.61 Å². The highest BCUT2D eigenvalue weighted by Crippen LogP contribution is 2.20. The molecule has 7 nitrogen and oxygen atoms in total. The fourth-order valence-electron chi connectivity index (χ4n) is 2.37. The van der Waals surface area contributed by atoms with Gasteiger partial charge in [0.05, 0.1) is 10.6 Å². The van der Waals surface area contributed by atoms with Gasteiger partial charge in [-0.25, -0.2) is 9.78 Å². The molecule has 1 N–H and O–H groups in total. The van der Waals surface area contributed by atoms with Crippen LogP contribution < -0.4 is 5.32 Å². The molecule has 2 amide bonds. The van der Waals surface area contributed by atoms with E-state index in [2.05, 4.69) is 10.3 Å². The Hall–Kier alpha value is -2.64. The maximum absolute atomic E-state index is 12.4. The van der Waals surface area contributed by atoms with Gasteiger partial charge in [-0.15, -0.1) is 0 Å². The fourth-order valence-corrected chi connectivity index (χ4v) is 2.64. The van der Waals surface area contributed by atoms with Crippen molar-refractivity contribution in [3.05, 3.63) is 57.8 Å². The normalized spacial score (nSPS) is 10.3. The zero-order valence-corrected chi connectivity index (χ0v) is 16.9. The van der Waals surface area contributed by atoms with Gasteiger partial charge in [-0.3, -0.25) is 9.59 Å². The quantitative estimate of drug-likeness (QED) is 0.541. The van der Waals surface area contributed by atoms with Gasteiger partial charge in [0.25, 0.3) is 11.8 Å². The molecule has 0 saturated carbocycles. The minimum Gasteiger partial charge on any atom is -0.452 e. The van der Waals surface area contributed by atoms with E-state index in [0.717, 1.165) is 0 Å². The van der Waals surface area contributed by atoms with E-state index in [-0.39, 0.29) is 21.6 Å². The number of amides is 2. The molecular formula is C19H19Cl2N3O4.